The number of halogens is 2. The van der Waals surface area contributed by atoms with Crippen LogP contribution in [0.5, 0.6) is 0 Å². The first kappa shape index (κ1) is 12.9. The van der Waals surface area contributed by atoms with E-state index in [4.69, 9.17) is 11.6 Å². The van der Waals surface area contributed by atoms with Crippen molar-refractivity contribution in [1.29, 1.82) is 0 Å². The fourth-order valence-corrected chi connectivity index (χ4v) is 2.71. The molecular weight excluding hydrogens is 304 g/mol. The molecule has 1 fully saturated rings. The second-order valence-electron chi connectivity index (χ2n) is 4.18. The van der Waals surface area contributed by atoms with E-state index in [1.54, 1.807) is 12.1 Å². The molecule has 1 N–H and O–H groups in total. The van der Waals surface area contributed by atoms with Gasteiger partial charge >= 0.3 is 0 Å². The molecule has 1 aromatic carbocycles. The topological polar surface area (TPSA) is 32.3 Å². The van der Waals surface area contributed by atoms with Crippen LogP contribution in [0.25, 0.3) is 0 Å². The highest BCUT2D eigenvalue weighted by Crippen LogP contribution is 2.23. The van der Waals surface area contributed by atoms with Gasteiger partial charge in [0, 0.05) is 30.1 Å². The lowest BCUT2D eigenvalue weighted by Gasteiger charge is -2.34. The van der Waals surface area contributed by atoms with E-state index in [1.165, 1.54) is 0 Å². The molecule has 0 unspecified atom stereocenters. The molecule has 17 heavy (non-hydrogen) atoms. The van der Waals surface area contributed by atoms with Gasteiger partial charge in [0.05, 0.1) is 10.6 Å². The highest BCUT2D eigenvalue weighted by atomic mass is 79.9. The number of amides is 1. The predicted octanol–water partition coefficient (Wildman–Crippen LogP) is 2.54. The summed E-state index contributed by atoms with van der Waals surface area (Å²) in [6.07, 6.45) is 0. The van der Waals surface area contributed by atoms with Crippen LogP contribution < -0.4 is 5.32 Å². The molecule has 0 spiro atoms. The SMILES string of the molecule is C[C@H]1CNCCN1C(=O)c1ccc(Br)cc1Cl. The number of benzene rings is 1. The summed E-state index contributed by atoms with van der Waals surface area (Å²) in [5.74, 6) is 0.0106. The molecular formula is C12H14BrClN2O. The molecule has 0 radical (unpaired) electrons. The first-order valence-corrected chi connectivity index (χ1v) is 6.73. The third kappa shape index (κ3) is 2.81. The third-order valence-corrected chi connectivity index (χ3v) is 3.73. The monoisotopic (exact) mass is 316 g/mol. The van der Waals surface area contributed by atoms with Crippen molar-refractivity contribution in [3.63, 3.8) is 0 Å². The van der Waals surface area contributed by atoms with Crippen molar-refractivity contribution < 1.29 is 4.79 Å². The molecule has 92 valence electrons. The van der Waals surface area contributed by atoms with Crippen LogP contribution in [0.4, 0.5) is 0 Å². The van der Waals surface area contributed by atoms with Gasteiger partial charge in [-0.3, -0.25) is 4.79 Å². The second-order valence-corrected chi connectivity index (χ2v) is 5.50. The Hall–Kier alpha value is -0.580. The Morgan fingerprint density at radius 2 is 2.35 bits per heavy atom. The van der Waals surface area contributed by atoms with Gasteiger partial charge in [0.1, 0.15) is 0 Å². The molecule has 1 aromatic rings. The number of piperazine rings is 1. The average molecular weight is 318 g/mol. The summed E-state index contributed by atoms with van der Waals surface area (Å²) < 4.78 is 0.882. The fraction of sp³-hybridized carbons (Fsp3) is 0.417. The van der Waals surface area contributed by atoms with E-state index in [9.17, 15) is 4.79 Å². The maximum atomic E-state index is 12.3. The first-order valence-electron chi connectivity index (χ1n) is 5.56. The van der Waals surface area contributed by atoms with Gasteiger partial charge < -0.3 is 10.2 Å². The molecule has 1 saturated heterocycles. The van der Waals surface area contributed by atoms with Crippen LogP contribution in [0, 0.1) is 0 Å². The Morgan fingerprint density at radius 1 is 1.59 bits per heavy atom. The number of carbonyl (C=O) groups is 1. The third-order valence-electron chi connectivity index (χ3n) is 2.92. The Balaban J connectivity index is 2.24. The molecule has 0 bridgehead atoms. The zero-order valence-corrected chi connectivity index (χ0v) is 11.9. The number of carbonyl (C=O) groups excluding carboxylic acids is 1. The zero-order chi connectivity index (χ0) is 12.4. The van der Waals surface area contributed by atoms with E-state index in [2.05, 4.69) is 21.2 Å². The minimum Gasteiger partial charge on any atom is -0.333 e. The van der Waals surface area contributed by atoms with Gasteiger partial charge in [-0.05, 0) is 25.1 Å². The van der Waals surface area contributed by atoms with E-state index in [0.717, 1.165) is 24.1 Å². The maximum Gasteiger partial charge on any atom is 0.255 e. The fourth-order valence-electron chi connectivity index (χ4n) is 1.96. The normalized spacial score (nSPS) is 20.4. The van der Waals surface area contributed by atoms with Gasteiger partial charge in [0.25, 0.3) is 5.91 Å². The molecule has 0 saturated carbocycles. The van der Waals surface area contributed by atoms with Crippen LogP contribution in [0.3, 0.4) is 0 Å². The highest BCUT2D eigenvalue weighted by molar-refractivity contribution is 9.10. The van der Waals surface area contributed by atoms with Crippen molar-refractivity contribution in [2.45, 2.75) is 13.0 Å². The summed E-state index contributed by atoms with van der Waals surface area (Å²) in [6.45, 7) is 4.44. The van der Waals surface area contributed by atoms with Crippen LogP contribution in [0.2, 0.25) is 5.02 Å². The van der Waals surface area contributed by atoms with E-state index >= 15 is 0 Å². The summed E-state index contributed by atoms with van der Waals surface area (Å²) in [6, 6.07) is 5.56. The van der Waals surface area contributed by atoms with Gasteiger partial charge in [-0.1, -0.05) is 27.5 Å². The predicted molar refractivity (Wildman–Crippen MR) is 72.5 cm³/mol. The summed E-state index contributed by atoms with van der Waals surface area (Å²) in [5.41, 5.74) is 0.573. The summed E-state index contributed by atoms with van der Waals surface area (Å²) in [4.78, 5) is 14.2. The quantitative estimate of drug-likeness (QED) is 0.863. The summed E-state index contributed by atoms with van der Waals surface area (Å²) in [7, 11) is 0. The molecule has 1 heterocycles. The Morgan fingerprint density at radius 3 is 3.00 bits per heavy atom. The van der Waals surface area contributed by atoms with Crippen molar-refractivity contribution in [1.82, 2.24) is 10.2 Å². The Bertz CT molecular complexity index is 439. The van der Waals surface area contributed by atoms with E-state index < -0.39 is 0 Å². The first-order chi connectivity index (χ1) is 8.09. The van der Waals surface area contributed by atoms with Crippen molar-refractivity contribution in [3.8, 4) is 0 Å². The lowest BCUT2D eigenvalue weighted by molar-refractivity contribution is 0.0656. The molecule has 1 aliphatic rings. The zero-order valence-electron chi connectivity index (χ0n) is 9.54. The average Bonchev–Trinajstić information content (AvgIpc) is 2.29. The van der Waals surface area contributed by atoms with Crippen molar-refractivity contribution in [2.24, 2.45) is 0 Å². The van der Waals surface area contributed by atoms with Crippen LogP contribution in [-0.2, 0) is 0 Å². The lowest BCUT2D eigenvalue weighted by atomic mass is 10.1. The largest absolute Gasteiger partial charge is 0.333 e. The minimum absolute atomic E-state index is 0.0106. The minimum atomic E-state index is 0.0106. The molecule has 0 aliphatic carbocycles. The van der Waals surface area contributed by atoms with Crippen LogP contribution in [-0.4, -0.2) is 36.5 Å². The molecule has 1 amide bonds. The van der Waals surface area contributed by atoms with Gasteiger partial charge in [0.2, 0.25) is 0 Å². The highest BCUT2D eigenvalue weighted by Gasteiger charge is 2.25. The number of hydrogen-bond acceptors (Lipinski definition) is 2. The molecule has 1 atom stereocenters. The number of nitrogens with zero attached hydrogens (tertiary/aromatic N) is 1. The van der Waals surface area contributed by atoms with E-state index in [-0.39, 0.29) is 11.9 Å². The number of rotatable bonds is 1. The van der Waals surface area contributed by atoms with E-state index in [1.807, 2.05) is 17.9 Å². The molecule has 0 aromatic heterocycles. The molecule has 2 rings (SSSR count). The smallest absolute Gasteiger partial charge is 0.255 e. The Kier molecular flexibility index (Phi) is 4.07. The van der Waals surface area contributed by atoms with Crippen LogP contribution in [0.15, 0.2) is 22.7 Å². The number of nitrogens with one attached hydrogen (secondary N) is 1. The van der Waals surface area contributed by atoms with Crippen molar-refractivity contribution >= 4 is 33.4 Å². The maximum absolute atomic E-state index is 12.3. The van der Waals surface area contributed by atoms with Gasteiger partial charge in [0.15, 0.2) is 0 Å². The van der Waals surface area contributed by atoms with Crippen molar-refractivity contribution in [2.75, 3.05) is 19.6 Å². The van der Waals surface area contributed by atoms with Gasteiger partial charge in [-0.25, -0.2) is 0 Å². The van der Waals surface area contributed by atoms with Crippen molar-refractivity contribution in [3.05, 3.63) is 33.3 Å². The number of hydrogen-bond donors (Lipinski definition) is 1. The van der Waals surface area contributed by atoms with Crippen LogP contribution >= 0.6 is 27.5 Å². The summed E-state index contributed by atoms with van der Waals surface area (Å²) in [5, 5.41) is 3.76. The molecule has 3 nitrogen and oxygen atoms in total. The summed E-state index contributed by atoms with van der Waals surface area (Å²) >= 11 is 9.43. The molecule has 5 heteroatoms. The molecule has 1 aliphatic heterocycles. The second kappa shape index (κ2) is 5.38. The van der Waals surface area contributed by atoms with Gasteiger partial charge in [-0.2, -0.15) is 0 Å². The Labute approximate surface area is 114 Å². The standard InChI is InChI=1S/C12H14BrClN2O/c1-8-7-15-4-5-16(8)12(17)10-3-2-9(13)6-11(10)14/h2-3,6,8,15H,4-5,7H2,1H3/t8-/m0/s1. The lowest BCUT2D eigenvalue weighted by Crippen LogP contribution is -2.52. The van der Waals surface area contributed by atoms with Gasteiger partial charge in [-0.15, -0.1) is 0 Å². The van der Waals surface area contributed by atoms with E-state index in [0.29, 0.717) is 10.6 Å². The van der Waals surface area contributed by atoms with Crippen LogP contribution in [0.1, 0.15) is 17.3 Å².